The Labute approximate surface area is 137 Å². The van der Waals surface area contributed by atoms with Gasteiger partial charge in [-0.3, -0.25) is 9.32 Å². The van der Waals surface area contributed by atoms with Gasteiger partial charge in [-0.25, -0.2) is 9.36 Å². The average molecular weight is 338 g/mol. The predicted molar refractivity (Wildman–Crippen MR) is 83.2 cm³/mol. The van der Waals surface area contributed by atoms with E-state index in [0.29, 0.717) is 30.3 Å². The van der Waals surface area contributed by atoms with Crippen LogP contribution < -0.4 is 5.76 Å². The predicted octanol–water partition coefficient (Wildman–Crippen LogP) is 1.40. The molecule has 0 spiro atoms. The van der Waals surface area contributed by atoms with Crippen LogP contribution in [0.15, 0.2) is 33.6 Å². The Hall–Kier alpha value is -2.12. The number of hydrogen-bond donors (Lipinski definition) is 0. The lowest BCUT2D eigenvalue weighted by Gasteiger charge is -2.31. The molecule has 2 heterocycles. The molecule has 0 N–H and O–H groups in total. The smallest absolute Gasteiger partial charge is 0.375 e. The highest BCUT2D eigenvalue weighted by atomic mass is 35.5. The lowest BCUT2D eigenvalue weighted by atomic mass is 10.2. The minimum atomic E-state index is -0.686. The van der Waals surface area contributed by atoms with E-state index in [4.69, 9.17) is 20.9 Å². The third-order valence-corrected chi connectivity index (χ3v) is 4.02. The first-order valence-corrected chi connectivity index (χ1v) is 7.65. The molecular weight excluding hydrogens is 322 g/mol. The fraction of sp³-hybridized carbons (Fsp3) is 0.400. The summed E-state index contributed by atoms with van der Waals surface area (Å²) in [5, 5.41) is 4.19. The molecule has 1 aromatic carbocycles. The molecule has 0 saturated carbocycles. The number of nitrogens with zero attached hydrogens (tertiary/aromatic N) is 3. The van der Waals surface area contributed by atoms with Crippen molar-refractivity contribution in [2.75, 3.05) is 19.7 Å². The molecule has 122 valence electrons. The van der Waals surface area contributed by atoms with Crippen LogP contribution in [-0.2, 0) is 16.1 Å². The fourth-order valence-corrected chi connectivity index (χ4v) is 2.74. The molecule has 1 saturated heterocycles. The molecular formula is C15H16ClN3O4. The van der Waals surface area contributed by atoms with Crippen molar-refractivity contribution in [2.45, 2.75) is 19.6 Å². The molecule has 2 aromatic rings. The van der Waals surface area contributed by atoms with Crippen LogP contribution in [0.25, 0.3) is 11.4 Å². The zero-order valence-electron chi connectivity index (χ0n) is 12.6. The summed E-state index contributed by atoms with van der Waals surface area (Å²) in [6, 6.07) is 6.95. The molecule has 8 heteroatoms. The standard InChI is InChI=1S/C15H16ClN3O4/c1-10-8-18(6-7-22-10)13(20)9-19-14(17-23-15(19)21)11-4-2-3-5-12(11)16/h2-5,10H,6-9H2,1H3. The van der Waals surface area contributed by atoms with E-state index in [1.807, 2.05) is 6.92 Å². The summed E-state index contributed by atoms with van der Waals surface area (Å²) in [6.45, 7) is 3.25. The Kier molecular flexibility index (Phi) is 4.49. The molecule has 0 bridgehead atoms. The molecule has 1 atom stereocenters. The normalized spacial score (nSPS) is 18.2. The van der Waals surface area contributed by atoms with E-state index in [-0.39, 0.29) is 24.4 Å². The van der Waals surface area contributed by atoms with Crippen LogP contribution in [-0.4, -0.2) is 46.3 Å². The van der Waals surface area contributed by atoms with Crippen molar-refractivity contribution in [1.29, 1.82) is 0 Å². The second kappa shape index (κ2) is 6.55. The zero-order valence-corrected chi connectivity index (χ0v) is 13.3. The van der Waals surface area contributed by atoms with Gasteiger partial charge in [0.25, 0.3) is 0 Å². The maximum atomic E-state index is 12.4. The quantitative estimate of drug-likeness (QED) is 0.846. The van der Waals surface area contributed by atoms with Crippen LogP contribution >= 0.6 is 11.6 Å². The number of halogens is 1. The van der Waals surface area contributed by atoms with Crippen LogP contribution in [0.2, 0.25) is 5.02 Å². The van der Waals surface area contributed by atoms with Gasteiger partial charge in [0.05, 0.1) is 17.7 Å². The van der Waals surface area contributed by atoms with E-state index in [0.717, 1.165) is 0 Å². The number of rotatable bonds is 3. The lowest BCUT2D eigenvalue weighted by Crippen LogP contribution is -2.46. The third kappa shape index (κ3) is 3.30. The summed E-state index contributed by atoms with van der Waals surface area (Å²) in [7, 11) is 0. The lowest BCUT2D eigenvalue weighted by molar-refractivity contribution is -0.138. The minimum absolute atomic E-state index is 0.0186. The highest BCUT2D eigenvalue weighted by Gasteiger charge is 2.24. The molecule has 0 radical (unpaired) electrons. The fourth-order valence-electron chi connectivity index (χ4n) is 2.52. The maximum absolute atomic E-state index is 12.4. The van der Waals surface area contributed by atoms with E-state index < -0.39 is 5.76 Å². The SMILES string of the molecule is CC1CN(C(=O)Cn2c(-c3ccccc3Cl)noc2=O)CCO1. The van der Waals surface area contributed by atoms with E-state index in [1.165, 1.54) is 4.57 Å². The first-order valence-electron chi connectivity index (χ1n) is 7.27. The van der Waals surface area contributed by atoms with E-state index >= 15 is 0 Å². The van der Waals surface area contributed by atoms with Crippen molar-refractivity contribution < 1.29 is 14.1 Å². The topological polar surface area (TPSA) is 77.6 Å². The number of carbonyl (C=O) groups is 1. The van der Waals surface area contributed by atoms with Crippen LogP contribution in [0.1, 0.15) is 6.92 Å². The maximum Gasteiger partial charge on any atom is 0.442 e. The van der Waals surface area contributed by atoms with Gasteiger partial charge in [-0.1, -0.05) is 28.9 Å². The molecule has 1 amide bonds. The van der Waals surface area contributed by atoms with Gasteiger partial charge in [-0.15, -0.1) is 0 Å². The van der Waals surface area contributed by atoms with Gasteiger partial charge < -0.3 is 9.64 Å². The number of hydrogen-bond acceptors (Lipinski definition) is 5. The van der Waals surface area contributed by atoms with Crippen molar-refractivity contribution in [3.8, 4) is 11.4 Å². The van der Waals surface area contributed by atoms with E-state index in [2.05, 4.69) is 5.16 Å². The molecule has 7 nitrogen and oxygen atoms in total. The number of amides is 1. The number of benzene rings is 1. The van der Waals surface area contributed by atoms with Crippen LogP contribution in [0.5, 0.6) is 0 Å². The highest BCUT2D eigenvalue weighted by Crippen LogP contribution is 2.25. The van der Waals surface area contributed by atoms with E-state index in [9.17, 15) is 9.59 Å². The number of carbonyl (C=O) groups excluding carboxylic acids is 1. The van der Waals surface area contributed by atoms with Crippen molar-refractivity contribution in [2.24, 2.45) is 0 Å². The molecule has 0 aliphatic carbocycles. The van der Waals surface area contributed by atoms with Gasteiger partial charge in [-0.2, -0.15) is 0 Å². The summed E-state index contributed by atoms with van der Waals surface area (Å²) >= 11 is 6.14. The second-order valence-corrected chi connectivity index (χ2v) is 5.77. The Balaban J connectivity index is 1.86. The van der Waals surface area contributed by atoms with Crippen molar-refractivity contribution in [3.05, 3.63) is 39.8 Å². The Morgan fingerprint density at radius 1 is 1.43 bits per heavy atom. The first kappa shape index (κ1) is 15.8. The van der Waals surface area contributed by atoms with Gasteiger partial charge in [0.15, 0.2) is 5.82 Å². The Morgan fingerprint density at radius 2 is 2.22 bits per heavy atom. The van der Waals surface area contributed by atoms with Gasteiger partial charge >= 0.3 is 5.76 Å². The van der Waals surface area contributed by atoms with E-state index in [1.54, 1.807) is 29.2 Å². The van der Waals surface area contributed by atoms with Gasteiger partial charge in [0, 0.05) is 18.7 Å². The number of morpholine rings is 1. The molecule has 1 aliphatic heterocycles. The molecule has 3 rings (SSSR count). The van der Waals surface area contributed by atoms with Crippen molar-refractivity contribution in [1.82, 2.24) is 14.6 Å². The number of ether oxygens (including phenoxy) is 1. The first-order chi connectivity index (χ1) is 11.1. The van der Waals surface area contributed by atoms with Crippen molar-refractivity contribution >= 4 is 17.5 Å². The largest absolute Gasteiger partial charge is 0.442 e. The molecule has 1 aliphatic rings. The summed E-state index contributed by atoms with van der Waals surface area (Å²) in [5.74, 6) is -0.622. The average Bonchev–Trinajstić information content (AvgIpc) is 2.89. The monoisotopic (exact) mass is 337 g/mol. The molecule has 1 aromatic heterocycles. The molecule has 23 heavy (non-hydrogen) atoms. The van der Waals surface area contributed by atoms with Crippen LogP contribution in [0.3, 0.4) is 0 Å². The molecule has 1 unspecified atom stereocenters. The summed E-state index contributed by atoms with van der Waals surface area (Å²) in [6.07, 6.45) is -0.0186. The zero-order chi connectivity index (χ0) is 16.4. The summed E-state index contributed by atoms with van der Waals surface area (Å²) in [4.78, 5) is 26.0. The van der Waals surface area contributed by atoms with Gasteiger partial charge in [0.2, 0.25) is 5.91 Å². The number of aromatic nitrogens is 2. The van der Waals surface area contributed by atoms with Crippen molar-refractivity contribution in [3.63, 3.8) is 0 Å². The van der Waals surface area contributed by atoms with Gasteiger partial charge in [-0.05, 0) is 19.1 Å². The Bertz CT molecular complexity index is 770. The van der Waals surface area contributed by atoms with Crippen LogP contribution in [0, 0.1) is 0 Å². The second-order valence-electron chi connectivity index (χ2n) is 5.36. The summed E-state index contributed by atoms with van der Waals surface area (Å²) < 4.78 is 11.3. The van der Waals surface area contributed by atoms with Gasteiger partial charge in [0.1, 0.15) is 6.54 Å². The summed E-state index contributed by atoms with van der Waals surface area (Å²) in [5.41, 5.74) is 0.545. The molecule has 1 fully saturated rings. The Morgan fingerprint density at radius 3 is 2.96 bits per heavy atom. The highest BCUT2D eigenvalue weighted by molar-refractivity contribution is 6.33. The third-order valence-electron chi connectivity index (χ3n) is 3.69. The minimum Gasteiger partial charge on any atom is -0.375 e. The van der Waals surface area contributed by atoms with Crippen LogP contribution in [0.4, 0.5) is 0 Å².